The molecular weight excluding hydrogens is 388 g/mol. The van der Waals surface area contributed by atoms with Crippen LogP contribution in [0.15, 0.2) is 36.5 Å². The molecule has 2 aromatic heterocycles. The number of benzene rings is 1. The van der Waals surface area contributed by atoms with Crippen molar-refractivity contribution in [1.82, 2.24) is 20.5 Å². The van der Waals surface area contributed by atoms with Gasteiger partial charge in [0.15, 0.2) is 0 Å². The average Bonchev–Trinajstić information content (AvgIpc) is 3.24. The van der Waals surface area contributed by atoms with Gasteiger partial charge in [-0.15, -0.1) is 0 Å². The van der Waals surface area contributed by atoms with E-state index in [2.05, 4.69) is 20.5 Å². The highest BCUT2D eigenvalue weighted by Crippen LogP contribution is 2.34. The molecule has 3 aromatic rings. The minimum Gasteiger partial charge on any atom is -0.491 e. The fourth-order valence-corrected chi connectivity index (χ4v) is 3.57. The van der Waals surface area contributed by atoms with E-state index in [1.807, 2.05) is 51.1 Å². The Morgan fingerprint density at radius 1 is 1.21 bits per heavy atom. The van der Waals surface area contributed by atoms with Crippen LogP contribution in [0.1, 0.15) is 45.3 Å². The van der Waals surface area contributed by atoms with Gasteiger partial charge in [-0.1, -0.05) is 11.3 Å². The van der Waals surface area contributed by atoms with Crippen LogP contribution in [0.25, 0.3) is 10.6 Å². The van der Waals surface area contributed by atoms with E-state index < -0.39 is 0 Å². The summed E-state index contributed by atoms with van der Waals surface area (Å²) in [6.07, 6.45) is 3.85. The Kier molecular flexibility index (Phi) is 5.53. The van der Waals surface area contributed by atoms with Gasteiger partial charge in [-0.2, -0.15) is 5.10 Å². The van der Waals surface area contributed by atoms with Crippen molar-refractivity contribution in [3.05, 3.63) is 42.2 Å². The lowest BCUT2D eigenvalue weighted by Gasteiger charge is -2.11. The number of ether oxygens (including phenoxy) is 2. The third-order valence-electron chi connectivity index (χ3n) is 4.51. The Balaban J connectivity index is 1.38. The van der Waals surface area contributed by atoms with Crippen LogP contribution in [0.4, 0.5) is 0 Å². The number of hydrogen-bond acceptors (Lipinski definition) is 6. The van der Waals surface area contributed by atoms with E-state index in [-0.39, 0.29) is 24.0 Å². The van der Waals surface area contributed by atoms with Crippen LogP contribution in [0.2, 0.25) is 0 Å². The summed E-state index contributed by atoms with van der Waals surface area (Å²) in [7, 11) is 0. The van der Waals surface area contributed by atoms with Crippen LogP contribution in [0, 0.1) is 5.92 Å². The number of H-pyrrole nitrogens is 1. The molecule has 1 unspecified atom stereocenters. The van der Waals surface area contributed by atoms with Gasteiger partial charge in [0.2, 0.25) is 5.91 Å². The number of nitrogens with zero attached hydrogens (tertiary/aromatic N) is 2. The minimum atomic E-state index is -0.112. The lowest BCUT2D eigenvalue weighted by molar-refractivity contribution is -0.122. The molecular formula is C21H24N4O3S. The van der Waals surface area contributed by atoms with E-state index in [4.69, 9.17) is 9.47 Å². The maximum absolute atomic E-state index is 11.9. The highest BCUT2D eigenvalue weighted by Gasteiger charge is 2.30. The van der Waals surface area contributed by atoms with Crippen molar-refractivity contribution in [3.8, 4) is 27.3 Å². The Morgan fingerprint density at radius 2 is 1.93 bits per heavy atom. The first-order valence-corrected chi connectivity index (χ1v) is 10.6. The molecule has 1 aliphatic carbocycles. The molecule has 1 aliphatic rings. The summed E-state index contributed by atoms with van der Waals surface area (Å²) in [4.78, 5) is 17.2. The smallest absolute Gasteiger partial charge is 0.279 e. The quantitative estimate of drug-likeness (QED) is 0.560. The monoisotopic (exact) mass is 412 g/mol. The van der Waals surface area contributed by atoms with Crippen LogP contribution in [0.5, 0.6) is 16.7 Å². The first-order chi connectivity index (χ1) is 14.0. The largest absolute Gasteiger partial charge is 0.491 e. The van der Waals surface area contributed by atoms with E-state index in [9.17, 15) is 4.79 Å². The maximum atomic E-state index is 11.9. The Hall–Kier alpha value is -2.87. The second-order valence-electron chi connectivity index (χ2n) is 7.44. The van der Waals surface area contributed by atoms with Crippen molar-refractivity contribution in [1.29, 1.82) is 0 Å². The summed E-state index contributed by atoms with van der Waals surface area (Å²) >= 11 is 1.42. The number of aromatic amines is 1. The van der Waals surface area contributed by atoms with Crippen LogP contribution in [-0.2, 0) is 4.79 Å². The number of nitrogens with one attached hydrogen (secondary N) is 2. The SMILES string of the molecule is CC(C)Oc1ccc(Oc2ncc(-c3cc(C(C)NC(=O)C4CC4)[nH]n3)s2)cc1. The fraction of sp³-hybridized carbons (Fsp3) is 0.381. The summed E-state index contributed by atoms with van der Waals surface area (Å²) in [5.74, 6) is 1.80. The molecule has 0 radical (unpaired) electrons. The Bertz CT molecular complexity index is 976. The highest BCUT2D eigenvalue weighted by molar-refractivity contribution is 7.16. The predicted molar refractivity (Wildman–Crippen MR) is 111 cm³/mol. The standard InChI is InChI=1S/C21H24N4O3S/c1-12(2)27-15-6-8-16(9-7-15)28-21-22-11-19(29-21)18-10-17(24-25-18)13(3)23-20(26)14-4-5-14/h6-14H,4-5H2,1-3H3,(H,23,26)(H,24,25). The zero-order valence-corrected chi connectivity index (χ0v) is 17.5. The zero-order valence-electron chi connectivity index (χ0n) is 16.6. The molecule has 1 fully saturated rings. The molecule has 2 N–H and O–H groups in total. The minimum absolute atomic E-state index is 0.112. The molecule has 4 rings (SSSR count). The van der Waals surface area contributed by atoms with Crippen molar-refractivity contribution in [2.75, 3.05) is 0 Å². The lowest BCUT2D eigenvalue weighted by Crippen LogP contribution is -2.28. The number of hydrogen-bond donors (Lipinski definition) is 2. The van der Waals surface area contributed by atoms with E-state index in [1.165, 1.54) is 11.3 Å². The topological polar surface area (TPSA) is 89.1 Å². The summed E-state index contributed by atoms with van der Waals surface area (Å²) in [6, 6.07) is 9.29. The van der Waals surface area contributed by atoms with Crippen LogP contribution >= 0.6 is 11.3 Å². The molecule has 8 heteroatoms. The summed E-state index contributed by atoms with van der Waals surface area (Å²) in [5, 5.41) is 10.9. The van der Waals surface area contributed by atoms with Gasteiger partial charge in [0.25, 0.3) is 5.19 Å². The van der Waals surface area contributed by atoms with Crippen LogP contribution in [-0.4, -0.2) is 27.2 Å². The first-order valence-electron chi connectivity index (χ1n) is 9.74. The zero-order chi connectivity index (χ0) is 20.4. The van der Waals surface area contributed by atoms with E-state index in [0.29, 0.717) is 10.9 Å². The van der Waals surface area contributed by atoms with Crippen molar-refractivity contribution in [3.63, 3.8) is 0 Å². The number of rotatable bonds is 8. The van der Waals surface area contributed by atoms with Crippen LogP contribution < -0.4 is 14.8 Å². The van der Waals surface area contributed by atoms with Gasteiger partial charge in [0.1, 0.15) is 17.2 Å². The van der Waals surface area contributed by atoms with Gasteiger partial charge in [-0.3, -0.25) is 9.89 Å². The van der Waals surface area contributed by atoms with E-state index >= 15 is 0 Å². The molecule has 2 heterocycles. The Morgan fingerprint density at radius 3 is 2.62 bits per heavy atom. The number of carbonyl (C=O) groups excluding carboxylic acids is 1. The van der Waals surface area contributed by atoms with Crippen molar-refractivity contribution in [2.24, 2.45) is 5.92 Å². The molecule has 0 spiro atoms. The predicted octanol–water partition coefficient (Wildman–Crippen LogP) is 4.70. The molecule has 1 aromatic carbocycles. The second kappa shape index (κ2) is 8.24. The Labute approximate surface area is 173 Å². The molecule has 152 valence electrons. The molecule has 0 bridgehead atoms. The summed E-state index contributed by atoms with van der Waals surface area (Å²) < 4.78 is 11.5. The van der Waals surface area contributed by atoms with Crippen molar-refractivity contribution < 1.29 is 14.3 Å². The summed E-state index contributed by atoms with van der Waals surface area (Å²) in [6.45, 7) is 5.93. The normalized spacial score (nSPS) is 14.6. The van der Waals surface area contributed by atoms with Gasteiger partial charge in [-0.25, -0.2) is 4.98 Å². The average molecular weight is 413 g/mol. The molecule has 1 atom stereocenters. The van der Waals surface area contributed by atoms with Gasteiger partial charge in [-0.05, 0) is 63.9 Å². The van der Waals surface area contributed by atoms with Gasteiger partial charge >= 0.3 is 0 Å². The molecule has 0 saturated heterocycles. The molecule has 7 nitrogen and oxygen atoms in total. The number of carbonyl (C=O) groups is 1. The lowest BCUT2D eigenvalue weighted by atomic mass is 10.2. The van der Waals surface area contributed by atoms with Gasteiger partial charge < -0.3 is 14.8 Å². The highest BCUT2D eigenvalue weighted by atomic mass is 32.1. The van der Waals surface area contributed by atoms with Crippen molar-refractivity contribution in [2.45, 2.75) is 45.8 Å². The molecule has 1 amide bonds. The fourth-order valence-electron chi connectivity index (χ4n) is 2.82. The number of amides is 1. The maximum Gasteiger partial charge on any atom is 0.279 e. The number of aromatic nitrogens is 3. The second-order valence-corrected chi connectivity index (χ2v) is 8.44. The van der Waals surface area contributed by atoms with Crippen molar-refractivity contribution >= 4 is 17.2 Å². The molecule has 1 saturated carbocycles. The van der Waals surface area contributed by atoms with Crippen LogP contribution in [0.3, 0.4) is 0 Å². The third kappa shape index (κ3) is 4.95. The number of thiazole rings is 1. The van der Waals surface area contributed by atoms with E-state index in [1.54, 1.807) is 6.20 Å². The summed E-state index contributed by atoms with van der Waals surface area (Å²) in [5.41, 5.74) is 1.64. The van der Waals surface area contributed by atoms with E-state index in [0.717, 1.165) is 34.9 Å². The first kappa shape index (κ1) is 19.4. The van der Waals surface area contributed by atoms with Gasteiger partial charge in [0.05, 0.1) is 28.9 Å². The molecule has 29 heavy (non-hydrogen) atoms. The van der Waals surface area contributed by atoms with Gasteiger partial charge in [0, 0.05) is 5.92 Å². The third-order valence-corrected chi connectivity index (χ3v) is 5.41. The molecule has 0 aliphatic heterocycles.